The third kappa shape index (κ3) is 3.16. The highest BCUT2D eigenvalue weighted by Crippen LogP contribution is 1.85. The van der Waals surface area contributed by atoms with E-state index in [0.717, 1.165) is 0 Å². The average molecular weight is 146 g/mol. The second-order valence-electron chi connectivity index (χ2n) is 1.54. The van der Waals surface area contributed by atoms with Gasteiger partial charge in [-0.3, -0.25) is 5.21 Å². The summed E-state index contributed by atoms with van der Waals surface area (Å²) in [6, 6.07) is -0.857. The monoisotopic (exact) mass is 146 g/mol. The first-order valence-electron chi connectivity index (χ1n) is 2.86. The Kier molecular flexibility index (Phi) is 4.43. The lowest BCUT2D eigenvalue weighted by Gasteiger charge is -2.05. The van der Waals surface area contributed by atoms with Gasteiger partial charge in [0.25, 0.3) is 0 Å². The highest BCUT2D eigenvalue weighted by molar-refractivity contribution is 5.82. The van der Waals surface area contributed by atoms with Crippen molar-refractivity contribution in [3.63, 3.8) is 0 Å². The molecular formula is C5H10N2O3. The fourth-order valence-corrected chi connectivity index (χ4v) is 0.297. The van der Waals surface area contributed by atoms with E-state index in [9.17, 15) is 4.79 Å². The van der Waals surface area contributed by atoms with Crippen LogP contribution in [0.5, 0.6) is 0 Å². The summed E-state index contributed by atoms with van der Waals surface area (Å²) in [5, 5.41) is 16.8. The number of aliphatic imine (C=N–C) groups is 1. The zero-order valence-corrected chi connectivity index (χ0v) is 5.69. The van der Waals surface area contributed by atoms with Crippen molar-refractivity contribution in [1.29, 1.82) is 0 Å². The molecule has 0 aromatic carbocycles. The summed E-state index contributed by atoms with van der Waals surface area (Å²) in [7, 11) is 0. The van der Waals surface area contributed by atoms with Crippen LogP contribution >= 0.6 is 0 Å². The molecular weight excluding hydrogens is 136 g/mol. The van der Waals surface area contributed by atoms with Gasteiger partial charge in [0.2, 0.25) is 0 Å². The lowest BCUT2D eigenvalue weighted by molar-refractivity contribution is -0.0933. The fourth-order valence-electron chi connectivity index (χ4n) is 0.297. The smallest absolute Gasteiger partial charge is 0.369 e. The molecule has 10 heavy (non-hydrogen) atoms. The number of carbonyl (C=O) groups is 1. The number of aliphatic hydroxyl groups is 1. The predicted octanol–water partition coefficient (Wildman–Crippen LogP) is 0.228. The van der Waals surface area contributed by atoms with E-state index < -0.39 is 12.8 Å². The molecule has 0 saturated heterocycles. The minimum atomic E-state index is -0.857. The Morgan fingerprint density at radius 3 is 2.80 bits per heavy atom. The van der Waals surface area contributed by atoms with Crippen molar-refractivity contribution in [2.75, 3.05) is 6.73 Å². The van der Waals surface area contributed by atoms with Crippen LogP contribution in [-0.4, -0.2) is 34.4 Å². The van der Waals surface area contributed by atoms with Crippen LogP contribution in [0, 0.1) is 0 Å². The van der Waals surface area contributed by atoms with Gasteiger partial charge in [-0.05, 0) is 6.42 Å². The van der Waals surface area contributed by atoms with Gasteiger partial charge in [-0.25, -0.2) is 9.79 Å². The number of hydrogen-bond donors (Lipinski definition) is 2. The zero-order valence-electron chi connectivity index (χ0n) is 5.69. The van der Waals surface area contributed by atoms with E-state index >= 15 is 0 Å². The zero-order chi connectivity index (χ0) is 7.98. The molecule has 0 radical (unpaired) electrons. The molecule has 0 bridgehead atoms. The number of hydrogen-bond acceptors (Lipinski definition) is 3. The molecule has 0 aliphatic heterocycles. The number of rotatable bonds is 2. The molecule has 0 aliphatic rings. The Bertz CT molecular complexity index is 135. The summed E-state index contributed by atoms with van der Waals surface area (Å²) >= 11 is 0. The molecule has 0 aromatic rings. The number of carbonyl (C=O) groups excluding carboxylic acids is 1. The van der Waals surface area contributed by atoms with Crippen molar-refractivity contribution < 1.29 is 15.1 Å². The molecule has 0 fully saturated rings. The van der Waals surface area contributed by atoms with Crippen molar-refractivity contribution in [3.05, 3.63) is 0 Å². The maximum atomic E-state index is 10.5. The molecule has 2 N–H and O–H groups in total. The molecule has 58 valence electrons. The molecule has 0 spiro atoms. The molecule has 2 amide bonds. The Labute approximate surface area is 58.6 Å². The van der Waals surface area contributed by atoms with Crippen LogP contribution in [0.1, 0.15) is 13.3 Å². The molecule has 0 aromatic heterocycles. The van der Waals surface area contributed by atoms with Gasteiger partial charge in [-0.2, -0.15) is 5.06 Å². The first kappa shape index (κ1) is 9.06. The van der Waals surface area contributed by atoms with Crippen LogP contribution in [0.3, 0.4) is 0 Å². The Morgan fingerprint density at radius 2 is 2.40 bits per heavy atom. The van der Waals surface area contributed by atoms with Crippen molar-refractivity contribution in [3.8, 4) is 0 Å². The highest BCUT2D eigenvalue weighted by Gasteiger charge is 2.04. The van der Waals surface area contributed by atoms with Crippen LogP contribution < -0.4 is 0 Å². The first-order valence-corrected chi connectivity index (χ1v) is 2.86. The van der Waals surface area contributed by atoms with Gasteiger partial charge < -0.3 is 5.11 Å². The normalized spacial score (nSPS) is 10.3. The summed E-state index contributed by atoms with van der Waals surface area (Å²) < 4.78 is 0. The van der Waals surface area contributed by atoms with Gasteiger partial charge in [0.05, 0.1) is 0 Å². The van der Waals surface area contributed by atoms with Crippen molar-refractivity contribution >= 4 is 12.2 Å². The maximum absolute atomic E-state index is 10.5. The minimum Gasteiger partial charge on any atom is -0.374 e. The standard InChI is InChI=1S/C5H10N2O3/c1-2-3-6-5(9)7(10)4-8/h3,8,10H,2,4H2,1H3. The van der Waals surface area contributed by atoms with Gasteiger partial charge in [-0.1, -0.05) is 6.92 Å². The van der Waals surface area contributed by atoms with Crippen molar-refractivity contribution in [1.82, 2.24) is 5.06 Å². The highest BCUT2D eigenvalue weighted by atomic mass is 16.5. The maximum Gasteiger partial charge on any atom is 0.369 e. The van der Waals surface area contributed by atoms with Crippen LogP contribution in [0.15, 0.2) is 4.99 Å². The van der Waals surface area contributed by atoms with Crippen LogP contribution in [0.2, 0.25) is 0 Å². The fraction of sp³-hybridized carbons (Fsp3) is 0.600. The van der Waals surface area contributed by atoms with Gasteiger partial charge >= 0.3 is 6.03 Å². The van der Waals surface area contributed by atoms with E-state index in [1.165, 1.54) is 6.21 Å². The number of amides is 2. The second-order valence-corrected chi connectivity index (χ2v) is 1.54. The second kappa shape index (κ2) is 4.89. The van der Waals surface area contributed by atoms with Crippen molar-refractivity contribution in [2.45, 2.75) is 13.3 Å². The summed E-state index contributed by atoms with van der Waals surface area (Å²) in [5.74, 6) is 0. The van der Waals surface area contributed by atoms with E-state index in [0.29, 0.717) is 6.42 Å². The lowest BCUT2D eigenvalue weighted by atomic mass is 10.5. The molecule has 0 rings (SSSR count). The minimum absolute atomic E-state index is 0.117. The quantitative estimate of drug-likeness (QED) is 0.253. The summed E-state index contributed by atoms with van der Waals surface area (Å²) in [4.78, 5) is 13.7. The first-order chi connectivity index (χ1) is 4.72. The Balaban J connectivity index is 3.72. The molecule has 0 heterocycles. The van der Waals surface area contributed by atoms with Gasteiger partial charge in [0.15, 0.2) is 0 Å². The van der Waals surface area contributed by atoms with E-state index in [1.807, 2.05) is 0 Å². The van der Waals surface area contributed by atoms with E-state index in [1.54, 1.807) is 6.92 Å². The van der Waals surface area contributed by atoms with Crippen LogP contribution in [0.25, 0.3) is 0 Å². The number of aliphatic hydroxyl groups excluding tert-OH is 1. The summed E-state index contributed by atoms with van der Waals surface area (Å²) in [6.07, 6.45) is 1.96. The lowest BCUT2D eigenvalue weighted by Crippen LogP contribution is -2.25. The van der Waals surface area contributed by atoms with E-state index in [2.05, 4.69) is 4.99 Å². The molecule has 0 unspecified atom stereocenters. The molecule has 5 nitrogen and oxygen atoms in total. The van der Waals surface area contributed by atoms with E-state index in [4.69, 9.17) is 10.3 Å². The van der Waals surface area contributed by atoms with Gasteiger partial charge in [0, 0.05) is 6.21 Å². The van der Waals surface area contributed by atoms with Crippen LogP contribution in [-0.2, 0) is 0 Å². The molecule has 0 atom stereocenters. The Morgan fingerprint density at radius 1 is 1.80 bits per heavy atom. The number of nitrogens with zero attached hydrogens (tertiary/aromatic N) is 2. The van der Waals surface area contributed by atoms with Gasteiger partial charge in [0.1, 0.15) is 6.73 Å². The summed E-state index contributed by atoms with van der Waals surface area (Å²) in [5.41, 5.74) is 0. The largest absolute Gasteiger partial charge is 0.374 e. The third-order valence-electron chi connectivity index (χ3n) is 0.739. The predicted molar refractivity (Wildman–Crippen MR) is 34.9 cm³/mol. The third-order valence-corrected chi connectivity index (χ3v) is 0.739. The molecule has 0 saturated carbocycles. The van der Waals surface area contributed by atoms with Gasteiger partial charge in [-0.15, -0.1) is 0 Å². The van der Waals surface area contributed by atoms with Crippen molar-refractivity contribution in [2.24, 2.45) is 4.99 Å². The van der Waals surface area contributed by atoms with E-state index in [-0.39, 0.29) is 5.06 Å². The number of urea groups is 1. The summed E-state index contributed by atoms with van der Waals surface area (Å²) in [6.45, 7) is 1.07. The Hall–Kier alpha value is -0.940. The number of hydroxylamine groups is 2. The molecule has 5 heteroatoms. The molecule has 0 aliphatic carbocycles. The average Bonchev–Trinajstić information content (AvgIpc) is 1.98. The topological polar surface area (TPSA) is 73.1 Å². The SMILES string of the molecule is CCC=NC(=O)N(O)CO. The van der Waals surface area contributed by atoms with Crippen LogP contribution in [0.4, 0.5) is 4.79 Å².